The lowest BCUT2D eigenvalue weighted by Gasteiger charge is -2.18. The SMILES string of the molecule is COc1cc(CC(=O)Nc2ccc(C(CC(=O)O)NC(=O)c3ccc(C(N)=O)cc3)cn2)ccc1NC(=O)Nc1ccccc1C. The second-order valence-corrected chi connectivity index (χ2v) is 10.2. The van der Waals surface area contributed by atoms with Crippen molar-refractivity contribution in [1.29, 1.82) is 0 Å². The second kappa shape index (κ2) is 15.0. The van der Waals surface area contributed by atoms with Crippen LogP contribution in [0.5, 0.6) is 5.75 Å². The monoisotopic (exact) mass is 624 g/mol. The first-order valence-corrected chi connectivity index (χ1v) is 14.0. The van der Waals surface area contributed by atoms with Crippen LogP contribution in [0, 0.1) is 6.92 Å². The summed E-state index contributed by atoms with van der Waals surface area (Å²) in [7, 11) is 1.45. The molecule has 0 bridgehead atoms. The number of nitrogens with one attached hydrogen (secondary N) is 4. The molecule has 3 aromatic carbocycles. The molecule has 1 aromatic heterocycles. The number of aromatic nitrogens is 1. The van der Waals surface area contributed by atoms with Crippen molar-refractivity contribution in [3.63, 3.8) is 0 Å². The van der Waals surface area contributed by atoms with Gasteiger partial charge in [-0.3, -0.25) is 19.2 Å². The first kappa shape index (κ1) is 32.7. The zero-order chi connectivity index (χ0) is 33.2. The van der Waals surface area contributed by atoms with Crippen LogP contribution in [0.2, 0.25) is 0 Å². The van der Waals surface area contributed by atoms with Crippen LogP contribution in [-0.4, -0.2) is 46.9 Å². The zero-order valence-electron chi connectivity index (χ0n) is 25.0. The van der Waals surface area contributed by atoms with E-state index in [0.29, 0.717) is 28.3 Å². The number of urea groups is 1. The number of nitrogens with two attached hydrogens (primary N) is 1. The highest BCUT2D eigenvalue weighted by Gasteiger charge is 2.20. The maximum absolute atomic E-state index is 12.8. The van der Waals surface area contributed by atoms with Crippen molar-refractivity contribution in [2.75, 3.05) is 23.1 Å². The number of aryl methyl sites for hydroxylation is 1. The van der Waals surface area contributed by atoms with Gasteiger partial charge in [0.1, 0.15) is 11.6 Å². The lowest BCUT2D eigenvalue weighted by atomic mass is 10.0. The molecule has 0 radical (unpaired) electrons. The number of hydrogen-bond donors (Lipinski definition) is 6. The number of ether oxygens (including phenoxy) is 1. The number of amides is 5. The molecule has 0 aliphatic carbocycles. The van der Waals surface area contributed by atoms with Gasteiger partial charge in [0.2, 0.25) is 11.8 Å². The Morgan fingerprint density at radius 3 is 2.20 bits per heavy atom. The summed E-state index contributed by atoms with van der Waals surface area (Å²) < 4.78 is 5.42. The second-order valence-electron chi connectivity index (χ2n) is 10.2. The quantitative estimate of drug-likeness (QED) is 0.134. The van der Waals surface area contributed by atoms with E-state index in [1.54, 1.807) is 30.3 Å². The van der Waals surface area contributed by atoms with Gasteiger partial charge in [0, 0.05) is 23.0 Å². The number of nitrogens with zero attached hydrogens (tertiary/aromatic N) is 1. The first-order valence-electron chi connectivity index (χ1n) is 14.0. The van der Waals surface area contributed by atoms with E-state index in [0.717, 1.165) is 5.56 Å². The van der Waals surface area contributed by atoms with Crippen LogP contribution in [0.3, 0.4) is 0 Å². The van der Waals surface area contributed by atoms with Gasteiger partial charge < -0.3 is 36.8 Å². The van der Waals surface area contributed by atoms with Crippen molar-refractivity contribution >= 4 is 46.9 Å². The molecule has 0 fully saturated rings. The Kier molecular flexibility index (Phi) is 10.6. The van der Waals surface area contributed by atoms with Gasteiger partial charge in [0.05, 0.1) is 31.7 Å². The molecule has 4 aromatic rings. The third-order valence-corrected chi connectivity index (χ3v) is 6.84. The average molecular weight is 625 g/mol. The molecule has 13 nitrogen and oxygen atoms in total. The van der Waals surface area contributed by atoms with Crippen LogP contribution in [0.4, 0.5) is 22.0 Å². The van der Waals surface area contributed by atoms with Gasteiger partial charge in [-0.1, -0.05) is 30.3 Å². The van der Waals surface area contributed by atoms with Crippen LogP contribution in [-0.2, 0) is 16.0 Å². The van der Waals surface area contributed by atoms with Crippen LogP contribution in [0.15, 0.2) is 85.1 Å². The number of hydrogen-bond acceptors (Lipinski definition) is 7. The summed E-state index contributed by atoms with van der Waals surface area (Å²) in [4.78, 5) is 65.0. The highest BCUT2D eigenvalue weighted by molar-refractivity contribution is 6.01. The van der Waals surface area contributed by atoms with E-state index in [9.17, 15) is 29.1 Å². The standard InChI is InChI=1S/C33H32N6O7/c1-19-5-3-4-6-24(19)37-33(45)38-25-13-7-20(15-27(25)46-2)16-29(40)39-28-14-12-23(18-35-28)26(17-30(41)42)36-32(44)22-10-8-21(9-11-22)31(34)43/h3-15,18,26H,16-17H2,1-2H3,(H2,34,43)(H,36,44)(H,41,42)(H,35,39,40)(H2,37,38,45). The van der Waals surface area contributed by atoms with Gasteiger partial charge in [0.25, 0.3) is 5.91 Å². The summed E-state index contributed by atoms with van der Waals surface area (Å²) in [6.45, 7) is 1.88. The summed E-state index contributed by atoms with van der Waals surface area (Å²) >= 11 is 0. The largest absolute Gasteiger partial charge is 0.495 e. The highest BCUT2D eigenvalue weighted by atomic mass is 16.5. The Balaban J connectivity index is 1.36. The predicted molar refractivity (Wildman–Crippen MR) is 171 cm³/mol. The molecule has 0 aliphatic heterocycles. The lowest BCUT2D eigenvalue weighted by molar-refractivity contribution is -0.137. The molecule has 13 heteroatoms. The van der Waals surface area contributed by atoms with E-state index in [1.807, 2.05) is 25.1 Å². The minimum Gasteiger partial charge on any atom is -0.495 e. The number of carboxylic acids is 1. The normalized spacial score (nSPS) is 11.1. The third kappa shape index (κ3) is 8.89. The Morgan fingerprint density at radius 2 is 1.57 bits per heavy atom. The van der Waals surface area contributed by atoms with E-state index >= 15 is 0 Å². The van der Waals surface area contributed by atoms with E-state index in [-0.39, 0.29) is 29.3 Å². The lowest BCUT2D eigenvalue weighted by Crippen LogP contribution is -2.30. The van der Waals surface area contributed by atoms with Gasteiger partial charge in [-0.25, -0.2) is 9.78 Å². The van der Waals surface area contributed by atoms with E-state index in [2.05, 4.69) is 26.3 Å². The number of carboxylic acid groups (broad SMARTS) is 1. The molecule has 1 atom stereocenters. The number of pyridine rings is 1. The maximum Gasteiger partial charge on any atom is 0.323 e. The molecule has 1 unspecified atom stereocenters. The van der Waals surface area contributed by atoms with Gasteiger partial charge in [-0.2, -0.15) is 0 Å². The molecular formula is C33H32N6O7. The van der Waals surface area contributed by atoms with Crippen LogP contribution >= 0.6 is 0 Å². The number of carbonyl (C=O) groups is 5. The van der Waals surface area contributed by atoms with Crippen molar-refractivity contribution in [2.24, 2.45) is 5.73 Å². The molecule has 7 N–H and O–H groups in total. The zero-order valence-corrected chi connectivity index (χ0v) is 25.0. The van der Waals surface area contributed by atoms with Gasteiger partial charge in [-0.05, 0) is 72.1 Å². The molecule has 236 valence electrons. The molecular weight excluding hydrogens is 592 g/mol. The number of rotatable bonds is 12. The minimum atomic E-state index is -1.14. The summed E-state index contributed by atoms with van der Waals surface area (Å²) in [6, 6.07) is 19.6. The Labute approximate surface area is 264 Å². The Morgan fingerprint density at radius 1 is 0.870 bits per heavy atom. The number of benzene rings is 3. The van der Waals surface area contributed by atoms with Crippen LogP contribution in [0.1, 0.15) is 49.9 Å². The van der Waals surface area contributed by atoms with Gasteiger partial charge >= 0.3 is 12.0 Å². The van der Waals surface area contributed by atoms with Crippen molar-refractivity contribution < 1.29 is 33.8 Å². The summed E-state index contributed by atoms with van der Waals surface area (Å²) in [5, 5.41) is 20.3. The Hall–Kier alpha value is -6.24. The van der Waals surface area contributed by atoms with E-state index < -0.39 is 36.3 Å². The molecule has 5 amide bonds. The van der Waals surface area contributed by atoms with Crippen molar-refractivity contribution in [1.82, 2.24) is 10.3 Å². The fourth-order valence-corrected chi connectivity index (χ4v) is 4.45. The highest BCUT2D eigenvalue weighted by Crippen LogP contribution is 2.27. The first-order chi connectivity index (χ1) is 22.0. The molecule has 1 heterocycles. The molecule has 0 aliphatic rings. The number of anilines is 3. The predicted octanol–water partition coefficient (Wildman–Crippen LogP) is 4.27. The minimum absolute atomic E-state index is 0.0261. The van der Waals surface area contributed by atoms with E-state index in [4.69, 9.17) is 10.5 Å². The van der Waals surface area contributed by atoms with Crippen LogP contribution < -0.4 is 31.7 Å². The van der Waals surface area contributed by atoms with Gasteiger partial charge in [0.15, 0.2) is 0 Å². The molecule has 0 saturated carbocycles. The maximum atomic E-state index is 12.8. The number of aliphatic carboxylic acids is 1. The number of methoxy groups -OCH3 is 1. The topological polar surface area (TPSA) is 202 Å². The fraction of sp³-hybridized carbons (Fsp3) is 0.152. The molecule has 0 saturated heterocycles. The molecule has 0 spiro atoms. The Bertz CT molecular complexity index is 1760. The number of para-hydroxylation sites is 1. The molecule has 46 heavy (non-hydrogen) atoms. The van der Waals surface area contributed by atoms with Crippen molar-refractivity contribution in [3.8, 4) is 5.75 Å². The molecule has 4 rings (SSSR count). The third-order valence-electron chi connectivity index (χ3n) is 6.84. The van der Waals surface area contributed by atoms with Crippen LogP contribution in [0.25, 0.3) is 0 Å². The average Bonchev–Trinajstić information content (AvgIpc) is 3.02. The smallest absolute Gasteiger partial charge is 0.323 e. The van der Waals surface area contributed by atoms with Gasteiger partial charge in [-0.15, -0.1) is 0 Å². The number of carbonyl (C=O) groups excluding carboxylic acids is 4. The van der Waals surface area contributed by atoms with Crippen molar-refractivity contribution in [2.45, 2.75) is 25.8 Å². The van der Waals surface area contributed by atoms with Crippen molar-refractivity contribution in [3.05, 3.63) is 113 Å². The number of primary amides is 1. The summed E-state index contributed by atoms with van der Waals surface area (Å²) in [5.41, 5.74) is 8.69. The summed E-state index contributed by atoms with van der Waals surface area (Å²) in [5.74, 6) is -2.13. The summed E-state index contributed by atoms with van der Waals surface area (Å²) in [6.07, 6.45) is 0.922. The fourth-order valence-electron chi connectivity index (χ4n) is 4.45. The van der Waals surface area contributed by atoms with E-state index in [1.165, 1.54) is 43.6 Å².